The second-order valence-electron chi connectivity index (χ2n) is 13.8. The van der Waals surface area contributed by atoms with E-state index < -0.39 is 76.1 Å². The first kappa shape index (κ1) is 35.3. The molecule has 1 fully saturated rings. The highest BCUT2D eigenvalue weighted by Gasteiger charge is 2.69. The molecule has 0 spiro atoms. The predicted octanol–water partition coefficient (Wildman–Crippen LogP) is 3.56. The maximum atomic E-state index is 14.5. The van der Waals surface area contributed by atoms with E-state index in [0.29, 0.717) is 0 Å². The van der Waals surface area contributed by atoms with Gasteiger partial charge in [-0.2, -0.15) is 0 Å². The summed E-state index contributed by atoms with van der Waals surface area (Å²) in [6.45, 7) is 11.5. The number of hydrogen-bond donors (Lipinski definition) is 3. The molecule has 1 aromatic rings. The third-order valence-corrected chi connectivity index (χ3v) is 9.26. The molecule has 2 bridgehead atoms. The number of aliphatic hydroxyl groups is 3. The summed E-state index contributed by atoms with van der Waals surface area (Å²) in [4.78, 5) is 54.1. The number of carbonyl (C=O) groups excluding carboxylic acids is 4. The average Bonchev–Trinajstić information content (AvgIpc) is 2.94. The molecule has 3 aliphatic rings. The Balaban J connectivity index is 2.09. The molecule has 12 nitrogen and oxygen atoms in total. The van der Waals surface area contributed by atoms with Gasteiger partial charge in [0.1, 0.15) is 23.4 Å². The summed E-state index contributed by atoms with van der Waals surface area (Å²) in [5.74, 6) is -4.28. The van der Waals surface area contributed by atoms with Gasteiger partial charge in [0.15, 0.2) is 11.4 Å². The van der Waals surface area contributed by atoms with Crippen molar-refractivity contribution in [3.8, 4) is 0 Å². The van der Waals surface area contributed by atoms with Crippen LogP contribution >= 0.6 is 0 Å². The van der Waals surface area contributed by atoms with Crippen LogP contribution in [0.3, 0.4) is 0 Å². The smallest absolute Gasteiger partial charge is 0.455 e. The molecule has 1 aromatic carbocycles. The molecule has 3 N–H and O–H groups in total. The third kappa shape index (κ3) is 6.11. The van der Waals surface area contributed by atoms with E-state index in [9.17, 15) is 34.5 Å². The number of allylic oxidation sites excluding steroid dienone is 1. The maximum Gasteiger partial charge on any atom is 0.514 e. The van der Waals surface area contributed by atoms with Gasteiger partial charge in [0.2, 0.25) is 5.78 Å². The second kappa shape index (κ2) is 12.6. The standard InChI is InChI=1S/C34H44O12/c1-18-22(37)16-34(41)28(44-29(39)21-12-10-9-11-13-21)25(33(45-20(3)36)17-42-23(33)14-15-35)19(2)27(26(38)24(18)32(34,7)8)43-30(40)46-31(4,5)6/h9-13,22-23,25,28,35,37,41H,14-17H2,1-8H3/b27-19+/t22-,23+,25+,28-,33-,34+/m0/s1. The fraction of sp³-hybridized carbons (Fsp3) is 0.588. The Morgan fingerprint density at radius 3 is 2.22 bits per heavy atom. The Hall–Kier alpha value is -3.58. The summed E-state index contributed by atoms with van der Waals surface area (Å²) in [6.07, 6.45) is -5.55. The predicted molar refractivity (Wildman–Crippen MR) is 162 cm³/mol. The highest BCUT2D eigenvalue weighted by atomic mass is 16.7. The van der Waals surface area contributed by atoms with E-state index in [2.05, 4.69) is 0 Å². The van der Waals surface area contributed by atoms with Gasteiger partial charge in [-0.15, -0.1) is 0 Å². The fourth-order valence-electron chi connectivity index (χ4n) is 7.00. The SMILES string of the molecule is CC(=O)O[C@@]1([C@@H]2/C(C)=C(/OC(=O)OC(C)(C)C)C(=O)C3=C(C)[C@@H](O)C[C@@](O)([C@H]2OC(=O)c2ccccc2)C3(C)C)CO[C@@H]1CCO. The lowest BCUT2D eigenvalue weighted by molar-refractivity contribution is -0.295. The van der Waals surface area contributed by atoms with Gasteiger partial charge in [0.05, 0.1) is 24.2 Å². The summed E-state index contributed by atoms with van der Waals surface area (Å²) in [6, 6.07) is 8.02. The van der Waals surface area contributed by atoms with E-state index in [0.717, 1.165) is 0 Å². The molecule has 2 aliphatic carbocycles. The van der Waals surface area contributed by atoms with Crippen molar-refractivity contribution in [1.29, 1.82) is 0 Å². The van der Waals surface area contributed by atoms with Crippen LogP contribution < -0.4 is 0 Å². The highest BCUT2D eigenvalue weighted by molar-refractivity contribution is 6.10. The van der Waals surface area contributed by atoms with Gasteiger partial charge >= 0.3 is 18.1 Å². The van der Waals surface area contributed by atoms with Crippen molar-refractivity contribution >= 4 is 23.9 Å². The molecule has 252 valence electrons. The van der Waals surface area contributed by atoms with Crippen molar-refractivity contribution in [3.63, 3.8) is 0 Å². The summed E-state index contributed by atoms with van der Waals surface area (Å²) in [5, 5.41) is 34.0. The minimum atomic E-state index is -2.16. The Bertz CT molecular complexity index is 1450. The van der Waals surface area contributed by atoms with Crippen LogP contribution in [0.25, 0.3) is 0 Å². The van der Waals surface area contributed by atoms with E-state index in [1.54, 1.807) is 59.7 Å². The van der Waals surface area contributed by atoms with Crippen molar-refractivity contribution in [2.45, 2.75) is 103 Å². The average molecular weight is 645 g/mol. The monoisotopic (exact) mass is 644 g/mol. The van der Waals surface area contributed by atoms with Crippen molar-refractivity contribution in [3.05, 3.63) is 58.4 Å². The van der Waals surface area contributed by atoms with Crippen molar-refractivity contribution < 1.29 is 58.2 Å². The van der Waals surface area contributed by atoms with E-state index >= 15 is 0 Å². The molecular formula is C34H44O12. The van der Waals surface area contributed by atoms with Crippen LogP contribution in [0.15, 0.2) is 52.8 Å². The molecule has 12 heteroatoms. The zero-order valence-corrected chi connectivity index (χ0v) is 27.5. The first-order chi connectivity index (χ1) is 21.3. The molecule has 1 heterocycles. The highest BCUT2D eigenvalue weighted by Crippen LogP contribution is 2.58. The first-order valence-electron chi connectivity index (χ1n) is 15.3. The van der Waals surface area contributed by atoms with E-state index in [1.165, 1.54) is 26.0 Å². The Kier molecular flexibility index (Phi) is 9.63. The Morgan fingerprint density at radius 1 is 1.07 bits per heavy atom. The van der Waals surface area contributed by atoms with Crippen LogP contribution in [0, 0.1) is 11.3 Å². The number of ketones is 1. The Morgan fingerprint density at radius 2 is 1.70 bits per heavy atom. The summed E-state index contributed by atoms with van der Waals surface area (Å²) in [5.41, 5.74) is -6.05. The number of aliphatic hydroxyl groups excluding tert-OH is 2. The lowest BCUT2D eigenvalue weighted by atomic mass is 9.53. The van der Waals surface area contributed by atoms with Crippen molar-refractivity contribution in [2.75, 3.05) is 13.2 Å². The number of esters is 2. The molecule has 6 atom stereocenters. The van der Waals surface area contributed by atoms with Gasteiger partial charge in [0.25, 0.3) is 0 Å². The number of Topliss-reactive ketones (excluding diaryl/α,β-unsaturated/α-hetero) is 1. The number of fused-ring (bicyclic) bond motifs is 2. The van der Waals surface area contributed by atoms with Gasteiger partial charge in [0, 0.05) is 37.4 Å². The molecule has 0 saturated carbocycles. The van der Waals surface area contributed by atoms with Gasteiger partial charge in [-0.25, -0.2) is 9.59 Å². The summed E-state index contributed by atoms with van der Waals surface area (Å²) < 4.78 is 29.0. The summed E-state index contributed by atoms with van der Waals surface area (Å²) >= 11 is 0. The van der Waals surface area contributed by atoms with Gasteiger partial charge in [-0.05, 0) is 57.9 Å². The van der Waals surface area contributed by atoms with Crippen molar-refractivity contribution in [2.24, 2.45) is 11.3 Å². The number of hydrogen-bond acceptors (Lipinski definition) is 12. The molecule has 0 radical (unpaired) electrons. The second-order valence-corrected chi connectivity index (χ2v) is 13.8. The normalized spacial score (nSPS) is 32.5. The number of carbonyl (C=O) groups is 4. The molecule has 1 aliphatic heterocycles. The first-order valence-corrected chi connectivity index (χ1v) is 15.3. The molecule has 1 saturated heterocycles. The minimum absolute atomic E-state index is 0.00447. The number of rotatable bonds is 7. The quantitative estimate of drug-likeness (QED) is 0.291. The van der Waals surface area contributed by atoms with E-state index in [4.69, 9.17) is 23.7 Å². The van der Waals surface area contributed by atoms with Crippen molar-refractivity contribution in [1.82, 2.24) is 0 Å². The zero-order valence-electron chi connectivity index (χ0n) is 27.5. The van der Waals surface area contributed by atoms with Crippen LogP contribution in [-0.4, -0.2) is 87.5 Å². The van der Waals surface area contributed by atoms with Crippen LogP contribution in [0.4, 0.5) is 4.79 Å². The molecular weight excluding hydrogens is 600 g/mol. The zero-order chi connectivity index (χ0) is 34.4. The van der Waals surface area contributed by atoms with E-state index in [1.807, 2.05) is 0 Å². The van der Waals surface area contributed by atoms with Crippen LogP contribution in [0.5, 0.6) is 0 Å². The number of ether oxygens (including phenoxy) is 5. The van der Waals surface area contributed by atoms with Gasteiger partial charge < -0.3 is 39.0 Å². The minimum Gasteiger partial charge on any atom is -0.455 e. The van der Waals surface area contributed by atoms with Gasteiger partial charge in [-0.1, -0.05) is 32.0 Å². The molecule has 46 heavy (non-hydrogen) atoms. The summed E-state index contributed by atoms with van der Waals surface area (Å²) in [7, 11) is 0. The largest absolute Gasteiger partial charge is 0.514 e. The van der Waals surface area contributed by atoms with Gasteiger partial charge in [-0.3, -0.25) is 9.59 Å². The fourth-order valence-corrected chi connectivity index (χ4v) is 7.00. The molecule has 0 unspecified atom stereocenters. The Labute approximate surface area is 268 Å². The number of benzene rings is 1. The molecule has 4 rings (SSSR count). The molecule has 0 amide bonds. The van der Waals surface area contributed by atoms with Crippen LogP contribution in [0.1, 0.15) is 78.6 Å². The van der Waals surface area contributed by atoms with Crippen LogP contribution in [0.2, 0.25) is 0 Å². The lowest BCUT2D eigenvalue weighted by Gasteiger charge is -2.60. The maximum absolute atomic E-state index is 14.5. The van der Waals surface area contributed by atoms with Crippen LogP contribution in [-0.2, 0) is 33.3 Å². The topological polar surface area (TPSA) is 175 Å². The molecule has 0 aromatic heterocycles. The van der Waals surface area contributed by atoms with E-state index in [-0.39, 0.29) is 48.3 Å². The lowest BCUT2D eigenvalue weighted by Crippen LogP contribution is -2.73. The third-order valence-electron chi connectivity index (χ3n) is 9.26.